The highest BCUT2D eigenvalue weighted by molar-refractivity contribution is 6.32. The van der Waals surface area contributed by atoms with Gasteiger partial charge >= 0.3 is 0 Å². The number of nitrogens with zero attached hydrogens (tertiary/aromatic N) is 3. The lowest BCUT2D eigenvalue weighted by Gasteiger charge is -2.09. The number of hydrogen-bond donors (Lipinski definition) is 1. The number of pyridine rings is 1. The van der Waals surface area contributed by atoms with Crippen LogP contribution in [0.5, 0.6) is 11.5 Å². The second-order valence-electron chi connectivity index (χ2n) is 4.16. The van der Waals surface area contributed by atoms with Crippen molar-refractivity contribution < 1.29 is 4.74 Å². The lowest BCUT2D eigenvalue weighted by molar-refractivity contribution is 0.482. The minimum Gasteiger partial charge on any atom is -0.457 e. The lowest BCUT2D eigenvalue weighted by atomic mass is 10.3. The van der Waals surface area contributed by atoms with Crippen molar-refractivity contribution in [3.8, 4) is 11.5 Å². The summed E-state index contributed by atoms with van der Waals surface area (Å²) in [6, 6.07) is 11.1. The van der Waals surface area contributed by atoms with Crippen LogP contribution in [-0.2, 0) is 0 Å². The van der Waals surface area contributed by atoms with E-state index < -0.39 is 0 Å². The van der Waals surface area contributed by atoms with Crippen LogP contribution in [0.2, 0.25) is 5.02 Å². The molecular weight excluding hydrogens is 288 g/mol. The minimum atomic E-state index is 0.456. The van der Waals surface area contributed by atoms with Crippen molar-refractivity contribution in [3.63, 3.8) is 0 Å². The fourth-order valence-electron chi connectivity index (χ4n) is 1.72. The Morgan fingerprint density at radius 2 is 1.86 bits per heavy atom. The topological polar surface area (TPSA) is 59.9 Å². The normalized spacial score (nSPS) is 10.1. The molecule has 0 fully saturated rings. The molecule has 0 unspecified atom stereocenters. The van der Waals surface area contributed by atoms with Gasteiger partial charge in [-0.05, 0) is 24.3 Å². The maximum absolute atomic E-state index is 6.02. The van der Waals surface area contributed by atoms with Crippen LogP contribution >= 0.6 is 11.6 Å². The highest BCUT2D eigenvalue weighted by Crippen LogP contribution is 2.26. The largest absolute Gasteiger partial charge is 0.457 e. The summed E-state index contributed by atoms with van der Waals surface area (Å²) >= 11 is 6.02. The molecule has 5 nitrogen and oxygen atoms in total. The molecule has 0 aliphatic heterocycles. The zero-order valence-electron chi connectivity index (χ0n) is 10.9. The summed E-state index contributed by atoms with van der Waals surface area (Å²) in [6.45, 7) is 0. The SMILES string of the molecule is Clc1cncnc1Nc1cccc(Oc2ccncc2)c1. The van der Waals surface area contributed by atoms with E-state index in [1.165, 1.54) is 12.5 Å². The number of halogens is 1. The molecule has 3 aromatic rings. The van der Waals surface area contributed by atoms with Gasteiger partial charge in [-0.2, -0.15) is 0 Å². The first-order chi connectivity index (χ1) is 10.3. The van der Waals surface area contributed by atoms with Gasteiger partial charge in [0.1, 0.15) is 22.8 Å². The van der Waals surface area contributed by atoms with E-state index >= 15 is 0 Å². The minimum absolute atomic E-state index is 0.456. The summed E-state index contributed by atoms with van der Waals surface area (Å²) in [5.41, 5.74) is 0.821. The Hall–Kier alpha value is -2.66. The van der Waals surface area contributed by atoms with Gasteiger partial charge in [-0.3, -0.25) is 4.98 Å². The molecule has 1 aromatic carbocycles. The van der Waals surface area contributed by atoms with Crippen molar-refractivity contribution >= 4 is 23.1 Å². The molecule has 0 aliphatic carbocycles. The third kappa shape index (κ3) is 3.46. The summed E-state index contributed by atoms with van der Waals surface area (Å²) in [6.07, 6.45) is 6.33. The molecule has 2 aromatic heterocycles. The van der Waals surface area contributed by atoms with Crippen LogP contribution < -0.4 is 10.1 Å². The van der Waals surface area contributed by atoms with Crippen molar-refractivity contribution in [1.29, 1.82) is 0 Å². The Morgan fingerprint density at radius 1 is 1.00 bits per heavy atom. The van der Waals surface area contributed by atoms with Gasteiger partial charge in [0, 0.05) is 24.1 Å². The fraction of sp³-hybridized carbons (Fsp3) is 0. The van der Waals surface area contributed by atoms with Crippen molar-refractivity contribution in [2.24, 2.45) is 0 Å². The second-order valence-corrected chi connectivity index (χ2v) is 4.56. The maximum Gasteiger partial charge on any atom is 0.152 e. The highest BCUT2D eigenvalue weighted by Gasteiger charge is 2.03. The van der Waals surface area contributed by atoms with Gasteiger partial charge in [0.2, 0.25) is 0 Å². The van der Waals surface area contributed by atoms with Crippen LogP contribution in [0.15, 0.2) is 61.3 Å². The van der Waals surface area contributed by atoms with Crippen molar-refractivity contribution in [3.05, 3.63) is 66.3 Å². The van der Waals surface area contributed by atoms with Crippen LogP contribution in [0.4, 0.5) is 11.5 Å². The van der Waals surface area contributed by atoms with Crippen LogP contribution in [0, 0.1) is 0 Å². The third-order valence-electron chi connectivity index (χ3n) is 2.65. The molecule has 0 atom stereocenters. The Morgan fingerprint density at radius 3 is 2.67 bits per heavy atom. The summed E-state index contributed by atoms with van der Waals surface area (Å²) in [5.74, 6) is 1.98. The predicted octanol–water partition coefficient (Wildman–Crippen LogP) is 4.06. The monoisotopic (exact) mass is 298 g/mol. The average Bonchev–Trinajstić information content (AvgIpc) is 2.51. The molecule has 21 heavy (non-hydrogen) atoms. The summed E-state index contributed by atoms with van der Waals surface area (Å²) in [4.78, 5) is 11.9. The smallest absolute Gasteiger partial charge is 0.152 e. The first-order valence-electron chi connectivity index (χ1n) is 6.22. The van der Waals surface area contributed by atoms with Gasteiger partial charge in [-0.1, -0.05) is 17.7 Å². The summed E-state index contributed by atoms with van der Waals surface area (Å²) in [5, 5.41) is 3.58. The Kier molecular flexibility index (Phi) is 3.93. The van der Waals surface area contributed by atoms with Gasteiger partial charge < -0.3 is 10.1 Å². The molecular formula is C15H11ClN4O. The third-order valence-corrected chi connectivity index (χ3v) is 2.93. The van der Waals surface area contributed by atoms with Gasteiger partial charge in [-0.15, -0.1) is 0 Å². The van der Waals surface area contributed by atoms with Crippen LogP contribution in [0.1, 0.15) is 0 Å². The zero-order chi connectivity index (χ0) is 14.5. The van der Waals surface area contributed by atoms with E-state index in [4.69, 9.17) is 16.3 Å². The Labute approximate surface area is 126 Å². The highest BCUT2D eigenvalue weighted by atomic mass is 35.5. The predicted molar refractivity (Wildman–Crippen MR) is 81.1 cm³/mol. The first kappa shape index (κ1) is 13.3. The van der Waals surface area contributed by atoms with E-state index in [1.807, 2.05) is 24.3 Å². The van der Waals surface area contributed by atoms with E-state index in [-0.39, 0.29) is 0 Å². The number of hydrogen-bond acceptors (Lipinski definition) is 5. The molecule has 0 spiro atoms. The number of anilines is 2. The molecule has 0 bridgehead atoms. The van der Waals surface area contributed by atoms with Crippen LogP contribution in [-0.4, -0.2) is 15.0 Å². The van der Waals surface area contributed by atoms with E-state index in [9.17, 15) is 0 Å². The van der Waals surface area contributed by atoms with E-state index in [1.54, 1.807) is 24.5 Å². The molecule has 2 heterocycles. The van der Waals surface area contributed by atoms with Crippen molar-refractivity contribution in [2.75, 3.05) is 5.32 Å². The van der Waals surface area contributed by atoms with Gasteiger partial charge in [0.15, 0.2) is 5.82 Å². The molecule has 3 rings (SSSR count). The summed E-state index contributed by atoms with van der Waals surface area (Å²) in [7, 11) is 0. The maximum atomic E-state index is 6.02. The molecule has 0 aliphatic rings. The second kappa shape index (κ2) is 6.19. The number of benzene rings is 1. The summed E-state index contributed by atoms with van der Waals surface area (Å²) < 4.78 is 5.74. The molecule has 0 amide bonds. The molecule has 6 heteroatoms. The van der Waals surface area contributed by atoms with Gasteiger partial charge in [0.25, 0.3) is 0 Å². The Bertz CT molecular complexity index is 737. The van der Waals surface area contributed by atoms with Crippen LogP contribution in [0.25, 0.3) is 0 Å². The fourth-order valence-corrected chi connectivity index (χ4v) is 1.87. The van der Waals surface area contributed by atoms with Crippen molar-refractivity contribution in [2.45, 2.75) is 0 Å². The van der Waals surface area contributed by atoms with E-state index in [2.05, 4.69) is 20.3 Å². The Balaban J connectivity index is 1.79. The van der Waals surface area contributed by atoms with Crippen molar-refractivity contribution in [1.82, 2.24) is 15.0 Å². The van der Waals surface area contributed by atoms with E-state index in [0.717, 1.165) is 11.4 Å². The zero-order valence-corrected chi connectivity index (χ0v) is 11.7. The molecule has 1 N–H and O–H groups in total. The quantitative estimate of drug-likeness (QED) is 0.787. The molecule has 104 valence electrons. The first-order valence-corrected chi connectivity index (χ1v) is 6.59. The molecule has 0 saturated heterocycles. The number of ether oxygens (including phenoxy) is 1. The standard InChI is InChI=1S/C15H11ClN4O/c16-14-9-18-10-19-15(14)20-11-2-1-3-13(8-11)21-12-4-6-17-7-5-12/h1-10H,(H,18,19,20). The van der Waals surface area contributed by atoms with Crippen LogP contribution in [0.3, 0.4) is 0 Å². The lowest BCUT2D eigenvalue weighted by Crippen LogP contribution is -1.95. The molecule has 0 radical (unpaired) electrons. The number of rotatable bonds is 4. The number of nitrogens with one attached hydrogen (secondary N) is 1. The number of aromatic nitrogens is 3. The molecule has 0 saturated carbocycles. The van der Waals surface area contributed by atoms with Gasteiger partial charge in [0.05, 0.1) is 6.20 Å². The van der Waals surface area contributed by atoms with Gasteiger partial charge in [-0.25, -0.2) is 9.97 Å². The average molecular weight is 299 g/mol. The van der Waals surface area contributed by atoms with E-state index in [0.29, 0.717) is 16.6 Å².